The van der Waals surface area contributed by atoms with E-state index in [0.29, 0.717) is 36.4 Å². The lowest BCUT2D eigenvalue weighted by molar-refractivity contribution is -0.143. The number of fused-ring (bicyclic) bond motifs is 2. The van der Waals surface area contributed by atoms with E-state index in [1.807, 2.05) is 29.1 Å². The standard InChI is InChI=1S/C31H36F3N5O4S.C17H17F3N2O5S.C14H21N3/c32-31(33,34)25-4-1-2-6-28(25)44(41,42)39-21-20-37-15-3-5-26(37)27(39)22-43-23-29(40)38-18-11-30(12-19-38)9-16-36(17-10-30)24-7-13-35-14-8-24;18-17(19,20)12-4-1-2-6-15(12)28(25,26)22-9-8-21-7-3-5-13(21)14(22)10-27-11-16(23)24;1-7-15-8-2-13(1)17-11-5-14(6-12-17)3-9-16-10-4-14/h1-8,13-15,27H,9-12,16-23H2;1-7,14H,8-11H2,(H,23,24);1-2,7-8,16H,3-6,9-12H2. The van der Waals surface area contributed by atoms with Crippen molar-refractivity contribution in [3.05, 3.63) is 157 Å². The van der Waals surface area contributed by atoms with Gasteiger partial charge in [-0.1, -0.05) is 24.3 Å². The largest absolute Gasteiger partial charge is 0.480 e. The van der Waals surface area contributed by atoms with E-state index in [2.05, 4.69) is 37.2 Å². The highest BCUT2D eigenvalue weighted by molar-refractivity contribution is 7.89. The van der Waals surface area contributed by atoms with E-state index in [1.165, 1.54) is 81.4 Å². The zero-order valence-corrected chi connectivity index (χ0v) is 50.8. The molecule has 10 heterocycles. The average molecular weight is 1280 g/mol. The Bertz CT molecular complexity index is 3560. The van der Waals surface area contributed by atoms with Crippen LogP contribution in [0.3, 0.4) is 0 Å². The van der Waals surface area contributed by atoms with Crippen molar-refractivity contribution in [1.29, 1.82) is 0 Å². The monoisotopic (exact) mass is 1280 g/mol. The van der Waals surface area contributed by atoms with Crippen LogP contribution in [0, 0.1) is 10.8 Å². The number of anilines is 2. The summed E-state index contributed by atoms with van der Waals surface area (Å²) in [7, 11) is -9.06. The number of nitrogens with one attached hydrogen (secondary N) is 1. The van der Waals surface area contributed by atoms with Gasteiger partial charge in [0.15, 0.2) is 0 Å². The third kappa shape index (κ3) is 15.1. The maximum absolute atomic E-state index is 13.7. The minimum Gasteiger partial charge on any atom is -0.480 e. The van der Waals surface area contributed by atoms with Gasteiger partial charge in [0, 0.05) is 125 Å². The summed E-state index contributed by atoms with van der Waals surface area (Å²) in [5.41, 5.74) is 2.05. The lowest BCUT2D eigenvalue weighted by atomic mass is 9.71. The van der Waals surface area contributed by atoms with Gasteiger partial charge >= 0.3 is 18.3 Å². The minimum absolute atomic E-state index is 0.0228. The molecule has 2 spiro atoms. The van der Waals surface area contributed by atoms with Crippen LogP contribution in [0.15, 0.2) is 144 Å². The number of rotatable bonds is 14. The molecule has 4 fully saturated rings. The quantitative estimate of drug-likeness (QED) is 0.0978. The summed E-state index contributed by atoms with van der Waals surface area (Å²) in [6.07, 6.45) is 10.7. The molecule has 4 aromatic heterocycles. The molecule has 480 valence electrons. The van der Waals surface area contributed by atoms with Gasteiger partial charge in [0.25, 0.3) is 0 Å². The fraction of sp³-hybridized carbons (Fsp3) is 0.484. The lowest BCUT2D eigenvalue weighted by Crippen LogP contribution is -2.49. The number of carbonyl (C=O) groups excluding carboxylic acids is 1. The first-order valence-corrected chi connectivity index (χ1v) is 32.8. The van der Waals surface area contributed by atoms with E-state index in [-0.39, 0.29) is 50.8 Å². The normalized spacial score (nSPS) is 20.6. The number of alkyl halides is 6. The molecule has 2 N–H and O–H groups in total. The summed E-state index contributed by atoms with van der Waals surface area (Å²) in [6.45, 7) is 7.19. The molecule has 0 radical (unpaired) electrons. The molecule has 0 aliphatic carbocycles. The molecule has 19 nitrogen and oxygen atoms in total. The first kappa shape index (κ1) is 65.1. The van der Waals surface area contributed by atoms with Gasteiger partial charge in [-0.15, -0.1) is 0 Å². The third-order valence-corrected chi connectivity index (χ3v) is 22.3. The van der Waals surface area contributed by atoms with Gasteiger partial charge in [-0.2, -0.15) is 35.0 Å². The highest BCUT2D eigenvalue weighted by atomic mass is 32.2. The predicted molar refractivity (Wildman–Crippen MR) is 318 cm³/mol. The second-order valence-corrected chi connectivity index (χ2v) is 27.2. The van der Waals surface area contributed by atoms with Crippen LogP contribution < -0.4 is 15.1 Å². The number of amides is 1. The molecule has 1 amide bonds. The second-order valence-electron chi connectivity index (χ2n) is 23.4. The van der Waals surface area contributed by atoms with Crippen LogP contribution in [0.5, 0.6) is 0 Å². The van der Waals surface area contributed by atoms with Gasteiger partial charge in [-0.05, 0) is 148 Å². The van der Waals surface area contributed by atoms with E-state index in [9.17, 15) is 52.8 Å². The number of carboxylic acid groups (broad SMARTS) is 1. The van der Waals surface area contributed by atoms with Crippen LogP contribution in [0.1, 0.15) is 86.0 Å². The Labute approximate surface area is 514 Å². The first-order chi connectivity index (χ1) is 42.6. The number of hydrogen-bond donors (Lipinski definition) is 2. The first-order valence-electron chi connectivity index (χ1n) is 29.9. The molecular formula is C62H74F6N10O9S2. The van der Waals surface area contributed by atoms with Crippen molar-refractivity contribution in [1.82, 2.24) is 37.9 Å². The molecule has 0 bridgehead atoms. The minimum atomic E-state index is -4.84. The van der Waals surface area contributed by atoms with Gasteiger partial charge in [0.2, 0.25) is 26.0 Å². The van der Waals surface area contributed by atoms with E-state index >= 15 is 0 Å². The number of likely N-dealkylation sites (tertiary alicyclic amines) is 1. The molecule has 27 heteroatoms. The molecule has 6 aliphatic heterocycles. The van der Waals surface area contributed by atoms with E-state index in [4.69, 9.17) is 14.6 Å². The molecule has 4 saturated heterocycles. The zero-order chi connectivity index (χ0) is 63.0. The highest BCUT2D eigenvalue weighted by Gasteiger charge is 2.46. The van der Waals surface area contributed by atoms with Crippen molar-refractivity contribution >= 4 is 43.3 Å². The van der Waals surface area contributed by atoms with Crippen LogP contribution in [-0.2, 0) is 64.6 Å². The van der Waals surface area contributed by atoms with Crippen molar-refractivity contribution < 1.29 is 67.3 Å². The molecule has 2 aromatic carbocycles. The molecule has 2 atom stereocenters. The summed E-state index contributed by atoms with van der Waals surface area (Å²) in [6, 6.07) is 21.5. The topological polar surface area (TPSA) is 205 Å². The Morgan fingerprint density at radius 1 is 0.517 bits per heavy atom. The lowest BCUT2D eigenvalue weighted by Gasteiger charge is -2.47. The fourth-order valence-corrected chi connectivity index (χ4v) is 16.9. The molecule has 6 aromatic rings. The van der Waals surface area contributed by atoms with Crippen LogP contribution in [0.25, 0.3) is 0 Å². The van der Waals surface area contributed by atoms with Gasteiger partial charge < -0.3 is 43.7 Å². The Hall–Kier alpha value is -6.88. The van der Waals surface area contributed by atoms with Crippen molar-refractivity contribution in [3.8, 4) is 0 Å². The number of benzene rings is 2. The maximum Gasteiger partial charge on any atom is 0.417 e. The number of aliphatic carboxylic acids is 1. The molecule has 0 saturated carbocycles. The number of halogens is 6. The molecular weight excluding hydrogens is 1210 g/mol. The molecule has 12 rings (SSSR count). The Morgan fingerprint density at radius 3 is 1.33 bits per heavy atom. The van der Waals surface area contributed by atoms with E-state index in [0.717, 1.165) is 77.7 Å². The van der Waals surface area contributed by atoms with Crippen molar-refractivity contribution in [2.75, 3.05) is 102 Å². The second kappa shape index (κ2) is 27.7. The number of ether oxygens (including phenoxy) is 2. The number of carboxylic acids is 1. The van der Waals surface area contributed by atoms with Gasteiger partial charge in [0.1, 0.15) is 13.2 Å². The Kier molecular flexibility index (Phi) is 20.3. The van der Waals surface area contributed by atoms with E-state index in [1.54, 1.807) is 58.5 Å². The van der Waals surface area contributed by atoms with Crippen LogP contribution >= 0.6 is 0 Å². The maximum atomic E-state index is 13.7. The fourth-order valence-electron chi connectivity index (χ4n) is 13.3. The smallest absolute Gasteiger partial charge is 0.417 e. The molecule has 6 aliphatic rings. The number of nitrogens with zero attached hydrogens (tertiary/aromatic N) is 9. The van der Waals surface area contributed by atoms with Gasteiger partial charge in [0.05, 0.1) is 46.2 Å². The summed E-state index contributed by atoms with van der Waals surface area (Å²) >= 11 is 0. The third-order valence-electron chi connectivity index (χ3n) is 18.3. The number of hydrogen-bond acceptors (Lipinski definition) is 13. The highest BCUT2D eigenvalue weighted by Crippen LogP contribution is 2.44. The Balaban J connectivity index is 0.000000164. The number of aromatic nitrogens is 4. The van der Waals surface area contributed by atoms with Gasteiger partial charge in [-0.25, -0.2) is 21.6 Å². The Morgan fingerprint density at radius 2 is 0.910 bits per heavy atom. The zero-order valence-electron chi connectivity index (χ0n) is 49.1. The number of sulfonamides is 2. The summed E-state index contributed by atoms with van der Waals surface area (Å²) < 4.78 is 151. The SMILES string of the molecule is O=C(COCC1c2cccn2CCN1S(=O)(=O)c1ccccc1C(F)(F)F)N1CCC2(CC1)CCN(c1ccncc1)CC2.O=C(O)COCC1c2cccn2CCN1S(=O)(=O)c1ccccc1C(F)(F)F.c1cc(N2CCC3(CCNCC3)CC2)ccn1. The van der Waals surface area contributed by atoms with Crippen LogP contribution in [0.2, 0.25) is 0 Å². The number of pyridine rings is 2. The predicted octanol–water partition coefficient (Wildman–Crippen LogP) is 8.98. The molecule has 2 unspecified atom stereocenters. The number of piperidine rings is 4. The van der Waals surface area contributed by atoms with Gasteiger partial charge in [-0.3, -0.25) is 14.8 Å². The van der Waals surface area contributed by atoms with Crippen molar-refractivity contribution in [2.45, 2.75) is 98.7 Å². The summed E-state index contributed by atoms with van der Waals surface area (Å²) in [5, 5.41) is 12.2. The van der Waals surface area contributed by atoms with Crippen molar-refractivity contribution in [3.63, 3.8) is 0 Å². The van der Waals surface area contributed by atoms with Crippen LogP contribution in [0.4, 0.5) is 37.7 Å². The van der Waals surface area contributed by atoms with Crippen LogP contribution in [-0.4, -0.2) is 158 Å². The number of carbonyl (C=O) groups is 2. The molecule has 89 heavy (non-hydrogen) atoms. The summed E-state index contributed by atoms with van der Waals surface area (Å²) in [4.78, 5) is 37.1. The van der Waals surface area contributed by atoms with E-state index < -0.39 is 78.0 Å². The van der Waals surface area contributed by atoms with Crippen molar-refractivity contribution in [2.24, 2.45) is 10.8 Å². The summed E-state index contributed by atoms with van der Waals surface area (Å²) in [5.74, 6) is -1.40. The average Bonchev–Trinajstić information content (AvgIpc) is 1.84.